The normalized spacial score (nSPS) is 19.4. The minimum Gasteiger partial charge on any atom is -0.437 e. The van der Waals surface area contributed by atoms with Crippen molar-refractivity contribution >= 4 is 12.1 Å². The van der Waals surface area contributed by atoms with Crippen molar-refractivity contribution in [2.75, 3.05) is 13.7 Å². The number of methoxy groups -OCH3 is 1. The summed E-state index contributed by atoms with van der Waals surface area (Å²) in [6.07, 6.45) is 0.754. The predicted molar refractivity (Wildman–Crippen MR) is 119 cm³/mol. The van der Waals surface area contributed by atoms with E-state index in [2.05, 4.69) is 9.84 Å². The fourth-order valence-electron chi connectivity index (χ4n) is 5.18. The monoisotopic (exact) mass is 499 g/mol. The molecule has 0 bridgehead atoms. The third-order valence-electron chi connectivity index (χ3n) is 6.62. The summed E-state index contributed by atoms with van der Waals surface area (Å²) >= 11 is 0. The summed E-state index contributed by atoms with van der Waals surface area (Å²) in [4.78, 5) is 39.4. The molecule has 5 rings (SSSR count). The van der Waals surface area contributed by atoms with Crippen LogP contribution in [0.5, 0.6) is 5.75 Å². The number of fused-ring (bicyclic) bond motifs is 2. The zero-order valence-corrected chi connectivity index (χ0v) is 19.0. The lowest BCUT2D eigenvalue weighted by Gasteiger charge is -2.42. The van der Waals surface area contributed by atoms with E-state index in [1.165, 1.54) is 39.9 Å². The number of nitrogens with zero attached hydrogens (tertiary/aromatic N) is 3. The van der Waals surface area contributed by atoms with E-state index in [0.717, 1.165) is 19.4 Å². The van der Waals surface area contributed by atoms with E-state index < -0.39 is 58.7 Å². The highest BCUT2D eigenvalue weighted by Gasteiger charge is 2.49. The summed E-state index contributed by atoms with van der Waals surface area (Å²) in [5.74, 6) is -5.01. The van der Waals surface area contributed by atoms with Gasteiger partial charge in [0.25, 0.3) is 5.91 Å². The standard InChI is InChI=1S/C25H20F3N3O5/c1-35-25(34)36-23-18(32)12-29-31-21(17-9-4-10-30(17)24(33)22(23)31)19(13-5-2-6-14(26)11-13)15-7-3-8-16(27)20(15)28/h2-3,5-8,11-12,17,19,21H,4,9-10H2,1H3/t17-,19?,21-/m1/s1. The first-order chi connectivity index (χ1) is 17.3. The SMILES string of the molecule is COC(=O)Oc1c2n(ncc1=O)[C@@H](C(c1cccc(F)c1)c1cccc(F)c1F)[C@H]1CCCN1C2=O. The Kier molecular flexibility index (Phi) is 5.99. The fourth-order valence-corrected chi connectivity index (χ4v) is 5.18. The summed E-state index contributed by atoms with van der Waals surface area (Å²) in [7, 11) is 1.04. The second kappa shape index (κ2) is 9.14. The van der Waals surface area contributed by atoms with Gasteiger partial charge in [-0.2, -0.15) is 5.10 Å². The van der Waals surface area contributed by atoms with Crippen LogP contribution in [0.1, 0.15) is 46.4 Å². The van der Waals surface area contributed by atoms with Crippen molar-refractivity contribution in [3.63, 3.8) is 0 Å². The van der Waals surface area contributed by atoms with Gasteiger partial charge in [-0.05, 0) is 36.6 Å². The van der Waals surface area contributed by atoms with Gasteiger partial charge in [0.05, 0.1) is 25.4 Å². The Morgan fingerprint density at radius 1 is 1.14 bits per heavy atom. The van der Waals surface area contributed by atoms with Crippen molar-refractivity contribution < 1.29 is 32.2 Å². The first-order valence-electron chi connectivity index (χ1n) is 11.2. The van der Waals surface area contributed by atoms with Crippen molar-refractivity contribution in [1.29, 1.82) is 0 Å². The van der Waals surface area contributed by atoms with Gasteiger partial charge in [0, 0.05) is 18.0 Å². The van der Waals surface area contributed by atoms with Crippen LogP contribution in [0.4, 0.5) is 18.0 Å². The van der Waals surface area contributed by atoms with E-state index in [1.54, 1.807) is 6.07 Å². The van der Waals surface area contributed by atoms with E-state index in [0.29, 0.717) is 24.9 Å². The molecule has 11 heteroatoms. The van der Waals surface area contributed by atoms with Gasteiger partial charge in [0.15, 0.2) is 17.3 Å². The second-order valence-electron chi connectivity index (χ2n) is 8.56. The molecular formula is C25H20F3N3O5. The van der Waals surface area contributed by atoms with Gasteiger partial charge in [-0.1, -0.05) is 24.3 Å². The van der Waals surface area contributed by atoms with Crippen molar-refractivity contribution in [2.45, 2.75) is 30.8 Å². The molecule has 36 heavy (non-hydrogen) atoms. The van der Waals surface area contributed by atoms with E-state index in [-0.39, 0.29) is 11.3 Å². The zero-order valence-electron chi connectivity index (χ0n) is 19.0. The maximum Gasteiger partial charge on any atom is 0.513 e. The van der Waals surface area contributed by atoms with Gasteiger partial charge in [-0.15, -0.1) is 0 Å². The Morgan fingerprint density at radius 3 is 2.67 bits per heavy atom. The molecule has 8 nitrogen and oxygen atoms in total. The maximum atomic E-state index is 15.2. The summed E-state index contributed by atoms with van der Waals surface area (Å²) in [5, 5.41) is 4.17. The average molecular weight is 499 g/mol. The summed E-state index contributed by atoms with van der Waals surface area (Å²) in [5.41, 5.74) is -0.925. The van der Waals surface area contributed by atoms with E-state index >= 15 is 4.39 Å². The Bertz CT molecular complexity index is 1430. The number of rotatable bonds is 4. The molecule has 0 N–H and O–H groups in total. The molecule has 0 saturated carbocycles. The number of halogens is 3. The highest BCUT2D eigenvalue weighted by atomic mass is 19.2. The zero-order chi connectivity index (χ0) is 25.6. The molecule has 186 valence electrons. The van der Waals surface area contributed by atoms with Gasteiger partial charge in [-0.3, -0.25) is 9.59 Å². The Hall–Kier alpha value is -4.15. The number of hydrogen-bond acceptors (Lipinski definition) is 6. The smallest absolute Gasteiger partial charge is 0.437 e. The largest absolute Gasteiger partial charge is 0.513 e. The third-order valence-corrected chi connectivity index (χ3v) is 6.62. The molecular weight excluding hydrogens is 479 g/mol. The Balaban J connectivity index is 1.80. The van der Waals surface area contributed by atoms with Crippen molar-refractivity contribution in [2.24, 2.45) is 0 Å². The number of amides is 1. The van der Waals surface area contributed by atoms with Crippen LogP contribution in [0.2, 0.25) is 0 Å². The topological polar surface area (TPSA) is 90.7 Å². The van der Waals surface area contributed by atoms with Crippen LogP contribution in [-0.2, 0) is 4.74 Å². The van der Waals surface area contributed by atoms with Gasteiger partial charge in [0.2, 0.25) is 11.2 Å². The number of hydrogen-bond donors (Lipinski definition) is 0. The molecule has 1 saturated heterocycles. The summed E-state index contributed by atoms with van der Waals surface area (Å²) < 4.78 is 54.7. The molecule has 0 spiro atoms. The number of carbonyl (C=O) groups excluding carboxylic acids is 2. The van der Waals surface area contributed by atoms with Crippen LogP contribution in [-0.4, -0.2) is 46.4 Å². The summed E-state index contributed by atoms with van der Waals surface area (Å²) in [6.45, 7) is 0.322. The number of aromatic nitrogens is 2. The van der Waals surface area contributed by atoms with E-state index in [1.807, 2.05) is 0 Å². The first kappa shape index (κ1) is 23.6. The second-order valence-corrected chi connectivity index (χ2v) is 8.56. The Labute approximate surface area is 202 Å². The average Bonchev–Trinajstić information content (AvgIpc) is 3.35. The molecule has 0 aliphatic carbocycles. The van der Waals surface area contributed by atoms with Gasteiger partial charge in [-0.25, -0.2) is 22.6 Å². The highest BCUT2D eigenvalue weighted by Crippen LogP contribution is 2.46. The molecule has 3 heterocycles. The molecule has 1 fully saturated rings. The van der Waals surface area contributed by atoms with Crippen LogP contribution in [0.3, 0.4) is 0 Å². The Morgan fingerprint density at radius 2 is 1.92 bits per heavy atom. The van der Waals surface area contributed by atoms with E-state index in [4.69, 9.17) is 4.74 Å². The minimum atomic E-state index is -1.22. The molecule has 1 unspecified atom stereocenters. The predicted octanol–water partition coefficient (Wildman–Crippen LogP) is 3.80. The first-order valence-corrected chi connectivity index (χ1v) is 11.2. The lowest BCUT2D eigenvalue weighted by molar-refractivity contribution is 0.0559. The van der Waals surface area contributed by atoms with E-state index in [9.17, 15) is 23.2 Å². The number of ether oxygens (including phenoxy) is 2. The number of benzene rings is 2. The van der Waals surface area contributed by atoms with Crippen LogP contribution in [0.15, 0.2) is 53.5 Å². The minimum absolute atomic E-state index is 0.0753. The highest BCUT2D eigenvalue weighted by molar-refractivity contribution is 5.97. The summed E-state index contributed by atoms with van der Waals surface area (Å²) in [6, 6.07) is 7.71. The van der Waals surface area contributed by atoms with Crippen LogP contribution >= 0.6 is 0 Å². The lowest BCUT2D eigenvalue weighted by Crippen LogP contribution is -2.51. The molecule has 2 aliphatic heterocycles. The lowest BCUT2D eigenvalue weighted by atomic mass is 9.79. The molecule has 3 atom stereocenters. The third kappa shape index (κ3) is 3.80. The fraction of sp³-hybridized carbons (Fsp3) is 0.280. The van der Waals surface area contributed by atoms with Crippen LogP contribution < -0.4 is 10.2 Å². The van der Waals surface area contributed by atoms with Crippen molar-refractivity contribution in [3.05, 3.63) is 93.2 Å². The van der Waals surface area contributed by atoms with Crippen molar-refractivity contribution in [1.82, 2.24) is 14.7 Å². The number of carbonyl (C=O) groups is 2. The molecule has 1 amide bonds. The molecule has 1 aromatic heterocycles. The quantitative estimate of drug-likeness (QED) is 0.508. The molecule has 0 radical (unpaired) electrons. The van der Waals surface area contributed by atoms with Gasteiger partial charge < -0.3 is 14.4 Å². The van der Waals surface area contributed by atoms with Gasteiger partial charge in [0.1, 0.15) is 5.82 Å². The maximum absolute atomic E-state index is 15.2. The van der Waals surface area contributed by atoms with Gasteiger partial charge >= 0.3 is 6.16 Å². The van der Waals surface area contributed by atoms with Crippen LogP contribution in [0.25, 0.3) is 0 Å². The van der Waals surface area contributed by atoms with Crippen molar-refractivity contribution in [3.8, 4) is 5.75 Å². The molecule has 2 aromatic carbocycles. The molecule has 2 aliphatic rings. The van der Waals surface area contributed by atoms with Crippen LogP contribution in [0, 0.1) is 17.5 Å². The molecule has 3 aromatic rings.